The molecule has 4 rings (SSSR count). The third-order valence-corrected chi connectivity index (χ3v) is 8.81. The molecule has 0 bridgehead atoms. The van der Waals surface area contributed by atoms with Crippen molar-refractivity contribution in [3.8, 4) is 0 Å². The number of ether oxygens (including phenoxy) is 1. The molecule has 0 aromatic heterocycles. The molecule has 0 heterocycles. The average molecular weight is 343 g/mol. The van der Waals surface area contributed by atoms with E-state index in [2.05, 4.69) is 32.6 Å². The highest BCUT2D eigenvalue weighted by Gasteiger charge is 2.58. The summed E-state index contributed by atoms with van der Waals surface area (Å²) in [4.78, 5) is 11.4. The Kier molecular flexibility index (Phi) is 4.16. The van der Waals surface area contributed by atoms with Gasteiger partial charge in [0.15, 0.2) is 0 Å². The van der Waals surface area contributed by atoms with Crippen molar-refractivity contribution in [2.24, 2.45) is 34.5 Å². The van der Waals surface area contributed by atoms with E-state index in [4.69, 9.17) is 4.74 Å². The summed E-state index contributed by atoms with van der Waals surface area (Å²) in [5.41, 5.74) is 2.35. The van der Waals surface area contributed by atoms with Gasteiger partial charge in [0.05, 0.1) is 0 Å². The molecule has 2 nitrogen and oxygen atoms in total. The fourth-order valence-electron chi connectivity index (χ4n) is 7.48. The average Bonchev–Trinajstić information content (AvgIpc) is 2.91. The minimum atomic E-state index is -0.107. The van der Waals surface area contributed by atoms with Crippen LogP contribution in [0.2, 0.25) is 0 Å². The molecular formula is C23H34O2. The Morgan fingerprint density at radius 1 is 1.20 bits per heavy atom. The quantitative estimate of drug-likeness (QED) is 0.603. The molecule has 2 heteroatoms. The van der Waals surface area contributed by atoms with Gasteiger partial charge < -0.3 is 4.74 Å². The first-order valence-electron chi connectivity index (χ1n) is 10.4. The summed E-state index contributed by atoms with van der Waals surface area (Å²) in [5.74, 6) is 3.19. The summed E-state index contributed by atoms with van der Waals surface area (Å²) >= 11 is 0. The zero-order valence-corrected chi connectivity index (χ0v) is 16.2. The molecule has 4 aliphatic carbocycles. The van der Waals surface area contributed by atoms with Gasteiger partial charge in [0.1, 0.15) is 6.10 Å². The number of fused-ring (bicyclic) bond motifs is 5. The maximum Gasteiger partial charge on any atom is 0.302 e. The van der Waals surface area contributed by atoms with Crippen LogP contribution in [0.4, 0.5) is 0 Å². The Labute approximate surface area is 153 Å². The van der Waals surface area contributed by atoms with E-state index in [9.17, 15) is 4.79 Å². The normalized spacial score (nSPS) is 48.6. The van der Waals surface area contributed by atoms with Crippen molar-refractivity contribution < 1.29 is 9.53 Å². The highest BCUT2D eigenvalue weighted by molar-refractivity contribution is 5.66. The van der Waals surface area contributed by atoms with Crippen LogP contribution in [0.1, 0.15) is 72.1 Å². The molecule has 4 aliphatic rings. The first-order chi connectivity index (χ1) is 11.9. The zero-order chi connectivity index (χ0) is 17.8. The molecule has 0 aromatic rings. The number of carbonyl (C=O) groups excluding carboxylic acids is 1. The Bertz CT molecular complexity index is 605. The second kappa shape index (κ2) is 5.99. The first-order valence-corrected chi connectivity index (χ1v) is 10.4. The molecule has 138 valence electrons. The van der Waals surface area contributed by atoms with Gasteiger partial charge in [0, 0.05) is 6.92 Å². The van der Waals surface area contributed by atoms with Crippen LogP contribution < -0.4 is 0 Å². The monoisotopic (exact) mass is 342 g/mol. The van der Waals surface area contributed by atoms with Gasteiger partial charge in [-0.05, 0) is 91.4 Å². The second-order valence-electron chi connectivity index (χ2n) is 9.72. The third-order valence-electron chi connectivity index (χ3n) is 8.81. The minimum absolute atomic E-state index is 0.107. The number of allylic oxidation sites excluding steroid dienone is 3. The highest BCUT2D eigenvalue weighted by Crippen LogP contribution is 2.66. The van der Waals surface area contributed by atoms with Crippen LogP contribution in [0, 0.1) is 34.5 Å². The van der Waals surface area contributed by atoms with E-state index < -0.39 is 0 Å². The van der Waals surface area contributed by atoms with E-state index in [1.165, 1.54) is 44.1 Å². The van der Waals surface area contributed by atoms with Crippen molar-refractivity contribution in [1.29, 1.82) is 0 Å². The number of hydrogen-bond donors (Lipinski definition) is 0. The molecule has 3 fully saturated rings. The van der Waals surface area contributed by atoms with E-state index in [0.717, 1.165) is 36.5 Å². The van der Waals surface area contributed by atoms with Gasteiger partial charge >= 0.3 is 5.97 Å². The predicted octanol–water partition coefficient (Wildman–Crippen LogP) is 5.68. The van der Waals surface area contributed by atoms with Crippen LogP contribution in [-0.2, 0) is 9.53 Å². The highest BCUT2D eigenvalue weighted by atomic mass is 16.5. The molecule has 25 heavy (non-hydrogen) atoms. The molecule has 7 atom stereocenters. The summed E-state index contributed by atoms with van der Waals surface area (Å²) in [7, 11) is 0. The van der Waals surface area contributed by atoms with E-state index in [1.54, 1.807) is 6.92 Å². The molecule has 6 unspecified atom stereocenters. The second-order valence-corrected chi connectivity index (χ2v) is 9.72. The Morgan fingerprint density at radius 2 is 2.00 bits per heavy atom. The number of esters is 1. The van der Waals surface area contributed by atoms with Gasteiger partial charge in [0.25, 0.3) is 0 Å². The maximum absolute atomic E-state index is 11.4. The summed E-state index contributed by atoms with van der Waals surface area (Å²) in [6, 6.07) is 0. The topological polar surface area (TPSA) is 26.3 Å². The molecule has 0 spiro atoms. The van der Waals surface area contributed by atoms with Crippen LogP contribution in [0.3, 0.4) is 0 Å². The lowest BCUT2D eigenvalue weighted by atomic mass is 9.44. The van der Waals surface area contributed by atoms with Crippen molar-refractivity contribution >= 4 is 5.97 Å². The molecule has 0 radical (unpaired) electrons. The van der Waals surface area contributed by atoms with Gasteiger partial charge in [-0.15, -0.1) is 0 Å². The lowest BCUT2D eigenvalue weighted by Crippen LogP contribution is -2.53. The molecule has 0 N–H and O–H groups in total. The van der Waals surface area contributed by atoms with Crippen LogP contribution >= 0.6 is 0 Å². The lowest BCUT2D eigenvalue weighted by Gasteiger charge is -2.60. The minimum Gasteiger partial charge on any atom is -0.463 e. The lowest BCUT2D eigenvalue weighted by molar-refractivity contribution is -0.158. The predicted molar refractivity (Wildman–Crippen MR) is 101 cm³/mol. The molecular weight excluding hydrogens is 308 g/mol. The zero-order valence-electron chi connectivity index (χ0n) is 16.2. The maximum atomic E-state index is 11.4. The number of rotatable bonds is 2. The number of carbonyl (C=O) groups is 1. The van der Waals surface area contributed by atoms with Crippen LogP contribution in [-0.4, -0.2) is 12.1 Å². The summed E-state index contributed by atoms with van der Waals surface area (Å²) in [5, 5.41) is 0. The van der Waals surface area contributed by atoms with E-state index in [-0.39, 0.29) is 12.1 Å². The van der Waals surface area contributed by atoms with Gasteiger partial charge in [-0.25, -0.2) is 0 Å². The molecule has 0 amide bonds. The van der Waals surface area contributed by atoms with Crippen molar-refractivity contribution in [2.45, 2.75) is 78.2 Å². The largest absolute Gasteiger partial charge is 0.463 e. The fourth-order valence-corrected chi connectivity index (χ4v) is 7.48. The standard InChI is InChI=1S/C23H34O2/c1-5-16-7-9-20-19-8-6-17-14-18(25-15(2)24)10-12-23(17,4)21(19)11-13-22(16,20)3/h5,7,17-21H,1,6,8-14H2,2-4H3/t17?,18?,19?,20?,21?,22-,23?/m1/s1. The fraction of sp³-hybridized carbons (Fsp3) is 0.783. The van der Waals surface area contributed by atoms with Gasteiger partial charge in [-0.1, -0.05) is 32.6 Å². The van der Waals surface area contributed by atoms with Gasteiger partial charge in [-0.2, -0.15) is 0 Å². The molecule has 0 saturated heterocycles. The van der Waals surface area contributed by atoms with Crippen LogP contribution in [0.5, 0.6) is 0 Å². The van der Waals surface area contributed by atoms with Crippen LogP contribution in [0.25, 0.3) is 0 Å². The van der Waals surface area contributed by atoms with Crippen molar-refractivity contribution in [3.05, 3.63) is 24.3 Å². The smallest absolute Gasteiger partial charge is 0.302 e. The van der Waals surface area contributed by atoms with Crippen molar-refractivity contribution in [2.75, 3.05) is 0 Å². The van der Waals surface area contributed by atoms with Gasteiger partial charge in [0.2, 0.25) is 0 Å². The SMILES string of the molecule is C=CC1=CCC2C3CCC4CC(OC(C)=O)CCC4(C)C3CC[C@]12C. The Hall–Kier alpha value is -1.05. The van der Waals surface area contributed by atoms with E-state index in [1.807, 2.05) is 0 Å². The van der Waals surface area contributed by atoms with Gasteiger partial charge in [-0.3, -0.25) is 4.79 Å². The molecule has 3 saturated carbocycles. The van der Waals surface area contributed by atoms with E-state index >= 15 is 0 Å². The number of hydrogen-bond acceptors (Lipinski definition) is 2. The third kappa shape index (κ3) is 2.54. The van der Waals surface area contributed by atoms with Crippen LogP contribution in [0.15, 0.2) is 24.3 Å². The van der Waals surface area contributed by atoms with E-state index in [0.29, 0.717) is 10.8 Å². The van der Waals surface area contributed by atoms with Crippen molar-refractivity contribution in [3.63, 3.8) is 0 Å². The Morgan fingerprint density at radius 3 is 2.72 bits per heavy atom. The summed E-state index contributed by atoms with van der Waals surface area (Å²) in [6.45, 7) is 10.7. The summed E-state index contributed by atoms with van der Waals surface area (Å²) in [6.07, 6.45) is 14.8. The molecule has 0 aromatic carbocycles. The Balaban J connectivity index is 1.54. The molecule has 0 aliphatic heterocycles. The summed E-state index contributed by atoms with van der Waals surface area (Å²) < 4.78 is 5.58. The van der Waals surface area contributed by atoms with Crippen molar-refractivity contribution in [1.82, 2.24) is 0 Å². The first kappa shape index (κ1) is 17.4.